The van der Waals surface area contributed by atoms with Gasteiger partial charge in [-0.2, -0.15) is 184 Å². The Balaban J connectivity index is 8.28. The summed E-state index contributed by atoms with van der Waals surface area (Å²) in [7, 11) is -6.26. The second kappa shape index (κ2) is 23.4. The quantitative estimate of drug-likeness (QED) is 0.0288. The third kappa shape index (κ3) is 13.6. The Kier molecular flexibility index (Phi) is 22.8. The highest BCUT2D eigenvalue weighted by Crippen LogP contribution is 2.69. The Bertz CT molecular complexity index is 1670. The van der Waals surface area contributed by atoms with Gasteiger partial charge in [-0.05, 0) is 25.0 Å². The van der Waals surface area contributed by atoms with Crippen molar-refractivity contribution < 1.29 is 171 Å². The van der Waals surface area contributed by atoms with Crippen LogP contribution in [0.4, 0.5) is 171 Å². The molecule has 0 atom stereocenters. The summed E-state index contributed by atoms with van der Waals surface area (Å²) in [5, 5.41) is 0. The minimum atomic E-state index is -8.84. The molecule has 0 unspecified atom stereocenters. The maximum Gasteiger partial charge on any atom is 0.460 e. The summed E-state index contributed by atoms with van der Waals surface area (Å²) in [5.74, 6) is -127. The molecule has 0 aliphatic heterocycles. The number of unbranched alkanes of at least 4 members (excludes halogenated alkanes) is 9. The zero-order chi connectivity index (χ0) is 62.2. The highest BCUT2D eigenvalue weighted by atomic mass is 32.1. The molecule has 0 amide bonds. The van der Waals surface area contributed by atoms with E-state index in [1.807, 2.05) is 0 Å². The van der Waals surface area contributed by atoms with Gasteiger partial charge in [0.1, 0.15) is 0 Å². The summed E-state index contributed by atoms with van der Waals surface area (Å²) >= 11 is 3.91. The fraction of sp³-hybridized carbons (Fsp3) is 1.00. The Morgan fingerprint density at radius 3 is 0.545 bits per heavy atom. The zero-order valence-corrected chi connectivity index (χ0v) is 39.2. The minimum absolute atomic E-state index is 0.0930. The van der Waals surface area contributed by atoms with Crippen molar-refractivity contribution >= 4 is 19.9 Å². The van der Waals surface area contributed by atoms with E-state index >= 15 is 26.3 Å². The molecule has 0 radical (unpaired) electrons. The van der Waals surface area contributed by atoms with Crippen molar-refractivity contribution in [1.82, 2.24) is 0 Å². The average Bonchev–Trinajstić information content (AvgIpc) is 3.23. The smallest absolute Gasteiger partial charge is 0.199 e. The molecule has 41 heteroatoms. The van der Waals surface area contributed by atoms with Crippen molar-refractivity contribution in [3.63, 3.8) is 0 Å². The van der Waals surface area contributed by atoms with Crippen molar-refractivity contribution in [3.8, 4) is 0 Å². The first kappa shape index (κ1) is 75.0. The SMILES string of the molecule is FC(F)(F)C(F)(F)C(F)(F)C(F)(F)C(F)(F)C(F)(F)CC[P+](CCCCCCCCCCCCS)(CCC(F)(F)C(F)(F)C(F)(F)C(F)(F)C(F)(F)C(F)(F)F)CCC(F)(F)C(F)(F)C(F)(F)C(F)(F)C(F)(F)C(F)(F)F. The number of halogens is 39. The van der Waals surface area contributed by atoms with E-state index in [0.29, 0.717) is 31.4 Å². The molecular weight excluding hydrogens is 1240 g/mol. The number of alkyl halides is 39. The molecule has 0 rings (SSSR count). The standard InChI is InChI=1S/C36H36F39PS/c37-19(38,22(43,44)25(49,50)28(55,56)31(61,62)34(67,68)69)11-15-76(14-9-7-5-3-1-2-4-6-8-10-18-77,16-12-20(39,40)23(45,46)26(51,52)29(57,58)32(63,64)35(70,71)72)17-13-21(41,42)24(47,48)27(53,54)30(59,60)33(65,66)36(73,74)75/h1-18H2/p+1. The third-order valence-electron chi connectivity index (χ3n) is 11.7. The summed E-state index contributed by atoms with van der Waals surface area (Å²) in [4.78, 5) is 0. The molecule has 0 saturated heterocycles. The van der Waals surface area contributed by atoms with Crippen molar-refractivity contribution in [2.24, 2.45) is 0 Å². The van der Waals surface area contributed by atoms with Gasteiger partial charge < -0.3 is 0 Å². The van der Waals surface area contributed by atoms with E-state index < -0.39 is 178 Å². The lowest BCUT2D eigenvalue weighted by atomic mass is 9.93. The molecule has 0 fully saturated rings. The predicted octanol–water partition coefficient (Wildman–Crippen LogP) is 19.2. The monoisotopic (exact) mass is 1270 g/mol. The van der Waals surface area contributed by atoms with E-state index in [-0.39, 0.29) is 19.3 Å². The lowest BCUT2D eigenvalue weighted by molar-refractivity contribution is -0.440. The largest absolute Gasteiger partial charge is 0.460 e. The predicted molar refractivity (Wildman–Crippen MR) is 193 cm³/mol. The van der Waals surface area contributed by atoms with Gasteiger partial charge in [-0.3, -0.25) is 0 Å². The lowest BCUT2D eigenvalue weighted by Crippen LogP contribution is -2.70. The minimum Gasteiger partial charge on any atom is -0.199 e. The van der Waals surface area contributed by atoms with Crippen molar-refractivity contribution in [2.45, 2.75) is 191 Å². The Hall–Kier alpha value is -1.95. The lowest BCUT2D eigenvalue weighted by Gasteiger charge is -2.41. The maximum absolute atomic E-state index is 15.1. The van der Waals surface area contributed by atoms with Gasteiger partial charge in [-0.1, -0.05) is 44.9 Å². The summed E-state index contributed by atoms with van der Waals surface area (Å²) in [6, 6.07) is 0. The Morgan fingerprint density at radius 2 is 0.364 bits per heavy atom. The molecule has 0 aliphatic rings. The van der Waals surface area contributed by atoms with Crippen molar-refractivity contribution in [1.29, 1.82) is 0 Å². The summed E-state index contributed by atoms with van der Waals surface area (Å²) < 4.78 is 543. The van der Waals surface area contributed by atoms with Crippen LogP contribution >= 0.6 is 19.9 Å². The molecule has 0 aromatic carbocycles. The first-order valence-electron chi connectivity index (χ1n) is 20.8. The second-order valence-corrected chi connectivity index (χ2v) is 22.2. The Morgan fingerprint density at radius 1 is 0.195 bits per heavy atom. The van der Waals surface area contributed by atoms with Gasteiger partial charge in [0, 0.05) is 7.26 Å². The van der Waals surface area contributed by atoms with E-state index in [2.05, 4.69) is 12.6 Å². The zero-order valence-electron chi connectivity index (χ0n) is 37.4. The number of hydrogen-bond acceptors (Lipinski definition) is 1. The van der Waals surface area contributed by atoms with Gasteiger partial charge in [-0.25, -0.2) is 0 Å². The number of thiol groups is 1. The van der Waals surface area contributed by atoms with Gasteiger partial charge in [-0.15, -0.1) is 0 Å². The highest BCUT2D eigenvalue weighted by molar-refractivity contribution is 7.80. The van der Waals surface area contributed by atoms with Crippen LogP contribution in [0.1, 0.15) is 83.5 Å². The maximum atomic E-state index is 15.1. The molecule has 0 aromatic heterocycles. The molecule has 0 bridgehead atoms. The molecule has 77 heavy (non-hydrogen) atoms. The molecule has 0 heterocycles. The van der Waals surface area contributed by atoms with Gasteiger partial charge in [0.15, 0.2) is 0 Å². The van der Waals surface area contributed by atoms with Crippen LogP contribution in [-0.4, -0.2) is 138 Å². The third-order valence-corrected chi connectivity index (χ3v) is 16.8. The van der Waals surface area contributed by atoms with E-state index in [4.69, 9.17) is 0 Å². The number of hydrogen-bond donors (Lipinski definition) is 1. The first-order valence-corrected chi connectivity index (χ1v) is 23.9. The molecule has 0 spiro atoms. The molecular formula is C36H37F39PS+. The van der Waals surface area contributed by atoms with E-state index in [1.54, 1.807) is 0 Å². The van der Waals surface area contributed by atoms with Crippen molar-refractivity contribution in [2.75, 3.05) is 30.4 Å². The van der Waals surface area contributed by atoms with Crippen LogP contribution in [0, 0.1) is 0 Å². The van der Waals surface area contributed by atoms with Crippen molar-refractivity contribution in [3.05, 3.63) is 0 Å². The van der Waals surface area contributed by atoms with Gasteiger partial charge in [0.2, 0.25) is 0 Å². The summed E-state index contributed by atoms with van der Waals surface area (Å²) in [5.41, 5.74) is 0. The normalized spacial score (nSPS) is 16.2. The van der Waals surface area contributed by atoms with Crippen LogP contribution in [0.2, 0.25) is 0 Å². The van der Waals surface area contributed by atoms with Crippen LogP contribution in [0.25, 0.3) is 0 Å². The Labute approximate surface area is 412 Å². The summed E-state index contributed by atoms with van der Waals surface area (Å²) in [6.45, 7) is 0. The number of rotatable bonds is 33. The van der Waals surface area contributed by atoms with E-state index in [9.17, 15) is 145 Å². The van der Waals surface area contributed by atoms with Crippen LogP contribution in [0.5, 0.6) is 0 Å². The van der Waals surface area contributed by atoms with Crippen LogP contribution in [-0.2, 0) is 0 Å². The average molecular weight is 1270 g/mol. The molecule has 0 nitrogen and oxygen atoms in total. The van der Waals surface area contributed by atoms with Gasteiger partial charge in [0.05, 0.1) is 43.9 Å². The van der Waals surface area contributed by atoms with Gasteiger partial charge >= 0.3 is 107 Å². The van der Waals surface area contributed by atoms with Crippen LogP contribution < -0.4 is 0 Å². The molecule has 464 valence electrons. The molecule has 0 saturated carbocycles. The summed E-state index contributed by atoms with van der Waals surface area (Å²) in [6.07, 6.45) is -48.2. The van der Waals surface area contributed by atoms with E-state index in [0.717, 1.165) is 0 Å². The fourth-order valence-electron chi connectivity index (χ4n) is 6.65. The molecule has 0 aromatic rings. The van der Waals surface area contributed by atoms with Gasteiger partial charge in [0.25, 0.3) is 0 Å². The fourth-order valence-corrected chi connectivity index (χ4v) is 11.4. The molecule has 0 aliphatic carbocycles. The van der Waals surface area contributed by atoms with E-state index in [1.165, 1.54) is 0 Å². The topological polar surface area (TPSA) is 0 Å². The molecule has 0 N–H and O–H groups in total. The first-order chi connectivity index (χ1) is 33.4. The highest BCUT2D eigenvalue weighted by Gasteiger charge is 2.93. The van der Waals surface area contributed by atoms with Crippen LogP contribution in [0.3, 0.4) is 0 Å². The second-order valence-electron chi connectivity index (χ2n) is 17.2. The van der Waals surface area contributed by atoms with Crippen LogP contribution in [0.15, 0.2) is 0 Å².